The van der Waals surface area contributed by atoms with Crippen molar-refractivity contribution in [3.05, 3.63) is 28.4 Å². The van der Waals surface area contributed by atoms with Crippen LogP contribution < -0.4 is 21.7 Å². The van der Waals surface area contributed by atoms with Gasteiger partial charge in [-0.05, 0) is 43.9 Å². The van der Waals surface area contributed by atoms with Crippen LogP contribution in [0.4, 0.5) is 4.79 Å². The van der Waals surface area contributed by atoms with E-state index in [-0.39, 0.29) is 24.3 Å². The van der Waals surface area contributed by atoms with Crippen molar-refractivity contribution in [2.45, 2.75) is 58.5 Å². The van der Waals surface area contributed by atoms with Crippen LogP contribution in [0.2, 0.25) is 0 Å². The van der Waals surface area contributed by atoms with Crippen molar-refractivity contribution < 1.29 is 14.4 Å². The molecule has 0 bridgehead atoms. The van der Waals surface area contributed by atoms with Crippen molar-refractivity contribution in [3.63, 3.8) is 0 Å². The van der Waals surface area contributed by atoms with Crippen molar-refractivity contribution in [1.82, 2.24) is 25.7 Å². The molecule has 32 heavy (non-hydrogen) atoms. The molecule has 0 fully saturated rings. The summed E-state index contributed by atoms with van der Waals surface area (Å²) in [5.41, 5.74) is 5.64. The number of hydrogen-bond acceptors (Lipinski definition) is 4. The topological polar surface area (TPSA) is 131 Å². The van der Waals surface area contributed by atoms with Gasteiger partial charge in [0.25, 0.3) is 5.91 Å². The maximum Gasteiger partial charge on any atom is 0.312 e. The number of halogens is 1. The molecule has 5 N–H and O–H groups in total. The van der Waals surface area contributed by atoms with Crippen LogP contribution >= 0.6 is 15.9 Å². The molecule has 0 radical (unpaired) electrons. The molecule has 2 aromatic rings. The molecule has 0 aliphatic heterocycles. The zero-order valence-electron chi connectivity index (χ0n) is 19.3. The van der Waals surface area contributed by atoms with Crippen molar-refractivity contribution in [2.24, 2.45) is 18.7 Å². The van der Waals surface area contributed by atoms with Gasteiger partial charge < -0.3 is 21.7 Å². The number of benzene rings is 1. The molecule has 1 aromatic carbocycles. The van der Waals surface area contributed by atoms with Crippen molar-refractivity contribution in [1.29, 1.82) is 0 Å². The third kappa shape index (κ3) is 6.69. The van der Waals surface area contributed by atoms with Gasteiger partial charge in [0, 0.05) is 23.5 Å². The number of primary amides is 1. The van der Waals surface area contributed by atoms with E-state index >= 15 is 0 Å². The number of hydrogen-bond donors (Lipinski definition) is 4. The number of nitrogens with zero attached hydrogens (tertiary/aromatic N) is 2. The number of carbonyl (C=O) groups excluding carboxylic acids is 3. The van der Waals surface area contributed by atoms with Crippen LogP contribution in [0.15, 0.2) is 22.7 Å². The van der Waals surface area contributed by atoms with E-state index in [1.807, 2.05) is 45.9 Å². The van der Waals surface area contributed by atoms with Gasteiger partial charge in [-0.25, -0.2) is 4.79 Å². The molecular formula is C22H33BrN6O3. The van der Waals surface area contributed by atoms with Crippen LogP contribution in [0.3, 0.4) is 0 Å². The second kappa shape index (κ2) is 10.8. The van der Waals surface area contributed by atoms with E-state index in [9.17, 15) is 14.4 Å². The lowest BCUT2D eigenvalue weighted by molar-refractivity contribution is -0.123. The van der Waals surface area contributed by atoms with Crippen LogP contribution in [0.5, 0.6) is 0 Å². The molecule has 2 unspecified atom stereocenters. The standard InChI is InChI=1S/C22H33BrN6O3/c1-6-7-16(26-21(24)32)19(30)25-12-22(4,11-13(2)3)27-20(31)18-15-10-14(23)8-9-17(15)29(5)28-18/h8-10,13,16H,6-7,11-12H2,1-5H3,(H,25,30)(H,27,31)(H3,24,26,32). The minimum atomic E-state index is -0.745. The van der Waals surface area contributed by atoms with Gasteiger partial charge >= 0.3 is 6.03 Å². The van der Waals surface area contributed by atoms with Crippen molar-refractivity contribution in [2.75, 3.05) is 6.54 Å². The molecule has 9 nitrogen and oxygen atoms in total. The molecule has 2 atom stereocenters. The van der Waals surface area contributed by atoms with Crippen LogP contribution in [0, 0.1) is 5.92 Å². The monoisotopic (exact) mass is 508 g/mol. The summed E-state index contributed by atoms with van der Waals surface area (Å²) in [6.45, 7) is 8.11. The number of nitrogens with two attached hydrogens (primary N) is 1. The highest BCUT2D eigenvalue weighted by atomic mass is 79.9. The maximum absolute atomic E-state index is 13.2. The maximum atomic E-state index is 13.2. The van der Waals surface area contributed by atoms with E-state index in [0.29, 0.717) is 25.0 Å². The molecule has 0 saturated heterocycles. The van der Waals surface area contributed by atoms with Gasteiger partial charge in [0.1, 0.15) is 6.04 Å². The number of aryl methyl sites for hydroxylation is 1. The summed E-state index contributed by atoms with van der Waals surface area (Å²) in [4.78, 5) is 37.1. The summed E-state index contributed by atoms with van der Waals surface area (Å²) in [7, 11) is 1.79. The molecule has 1 aromatic heterocycles. The lowest BCUT2D eigenvalue weighted by Gasteiger charge is -2.33. The second-order valence-electron chi connectivity index (χ2n) is 8.81. The second-order valence-corrected chi connectivity index (χ2v) is 9.73. The molecule has 10 heteroatoms. The Kier molecular flexibility index (Phi) is 8.65. The number of nitrogens with one attached hydrogen (secondary N) is 3. The number of urea groups is 1. The quantitative estimate of drug-likeness (QED) is 0.392. The Morgan fingerprint density at radius 2 is 1.97 bits per heavy atom. The van der Waals surface area contributed by atoms with Gasteiger partial charge in [0.15, 0.2) is 5.69 Å². The predicted molar refractivity (Wildman–Crippen MR) is 128 cm³/mol. The average Bonchev–Trinajstić information content (AvgIpc) is 3.00. The highest BCUT2D eigenvalue weighted by molar-refractivity contribution is 9.10. The van der Waals surface area contributed by atoms with Gasteiger partial charge in [-0.2, -0.15) is 5.10 Å². The number of aromatic nitrogens is 2. The molecule has 0 aliphatic rings. The summed E-state index contributed by atoms with van der Waals surface area (Å²) in [6, 6.07) is 4.20. The van der Waals surface area contributed by atoms with Gasteiger partial charge in [-0.3, -0.25) is 14.3 Å². The first-order valence-electron chi connectivity index (χ1n) is 10.7. The fourth-order valence-corrected chi connectivity index (χ4v) is 4.30. The summed E-state index contributed by atoms with van der Waals surface area (Å²) in [6.07, 6.45) is 1.81. The largest absolute Gasteiger partial charge is 0.352 e. The van der Waals surface area contributed by atoms with Crippen LogP contribution in [-0.2, 0) is 11.8 Å². The van der Waals surface area contributed by atoms with Crippen molar-refractivity contribution >= 4 is 44.7 Å². The molecule has 1 heterocycles. The third-order valence-electron chi connectivity index (χ3n) is 5.16. The first kappa shape index (κ1) is 25.6. The smallest absolute Gasteiger partial charge is 0.312 e. The van der Waals surface area contributed by atoms with E-state index in [1.165, 1.54) is 0 Å². The Labute approximate surface area is 197 Å². The van der Waals surface area contributed by atoms with Gasteiger partial charge in [0.2, 0.25) is 5.91 Å². The van der Waals surface area contributed by atoms with Crippen LogP contribution in [0.1, 0.15) is 57.4 Å². The van der Waals surface area contributed by atoms with E-state index in [4.69, 9.17) is 5.73 Å². The summed E-state index contributed by atoms with van der Waals surface area (Å²) in [5, 5.41) is 13.6. The normalized spacial score (nSPS) is 14.1. The van der Waals surface area contributed by atoms with Gasteiger partial charge in [0.05, 0.1) is 11.1 Å². The molecule has 0 spiro atoms. The Morgan fingerprint density at radius 1 is 1.28 bits per heavy atom. The van der Waals surface area contributed by atoms with E-state index < -0.39 is 17.6 Å². The number of fused-ring (bicyclic) bond motifs is 1. The zero-order chi connectivity index (χ0) is 24.1. The number of amides is 4. The molecular weight excluding hydrogens is 476 g/mol. The third-order valence-corrected chi connectivity index (χ3v) is 5.66. The van der Waals surface area contributed by atoms with Gasteiger partial charge in [-0.1, -0.05) is 43.1 Å². The average molecular weight is 509 g/mol. The first-order valence-corrected chi connectivity index (χ1v) is 11.5. The Morgan fingerprint density at radius 3 is 2.56 bits per heavy atom. The highest BCUT2D eigenvalue weighted by Gasteiger charge is 2.31. The molecule has 0 aliphatic carbocycles. The fourth-order valence-electron chi connectivity index (χ4n) is 3.94. The molecule has 176 valence electrons. The summed E-state index contributed by atoms with van der Waals surface area (Å²) in [5.74, 6) is -0.379. The van der Waals surface area contributed by atoms with Crippen LogP contribution in [-0.4, -0.2) is 45.8 Å². The Bertz CT molecular complexity index is 989. The predicted octanol–water partition coefficient (Wildman–Crippen LogP) is 2.82. The Hall–Kier alpha value is -2.62. The first-order chi connectivity index (χ1) is 15.0. The van der Waals surface area contributed by atoms with E-state index in [1.54, 1.807) is 11.7 Å². The Balaban J connectivity index is 2.21. The number of carbonyl (C=O) groups is 3. The fraction of sp³-hybridized carbons (Fsp3) is 0.545. The zero-order valence-corrected chi connectivity index (χ0v) is 20.9. The minimum absolute atomic E-state index is 0.199. The van der Waals surface area contributed by atoms with E-state index in [2.05, 4.69) is 37.0 Å². The van der Waals surface area contributed by atoms with E-state index in [0.717, 1.165) is 15.4 Å². The molecule has 4 amide bonds. The minimum Gasteiger partial charge on any atom is -0.352 e. The van der Waals surface area contributed by atoms with Crippen LogP contribution in [0.25, 0.3) is 10.9 Å². The SMILES string of the molecule is CCCC(NC(N)=O)C(=O)NCC(C)(CC(C)C)NC(=O)c1nn(C)c2ccc(Br)cc12. The number of rotatable bonds is 10. The molecule has 0 saturated carbocycles. The summed E-state index contributed by atoms with van der Waals surface area (Å²) < 4.78 is 2.52. The lowest BCUT2D eigenvalue weighted by atomic mass is 9.90. The van der Waals surface area contributed by atoms with Gasteiger partial charge in [-0.15, -0.1) is 0 Å². The molecule has 2 rings (SSSR count). The van der Waals surface area contributed by atoms with Crippen molar-refractivity contribution in [3.8, 4) is 0 Å². The summed E-state index contributed by atoms with van der Waals surface area (Å²) >= 11 is 3.45. The lowest BCUT2D eigenvalue weighted by Crippen LogP contribution is -2.57. The highest BCUT2D eigenvalue weighted by Crippen LogP contribution is 2.24.